The third-order valence-corrected chi connectivity index (χ3v) is 4.05. The van der Waals surface area contributed by atoms with Gasteiger partial charge in [0.15, 0.2) is 0 Å². The van der Waals surface area contributed by atoms with E-state index in [2.05, 4.69) is 26.1 Å². The minimum absolute atomic E-state index is 0.453. The molecule has 64 valence electrons. The Hall–Kier alpha value is -0.0400. The molecule has 1 aliphatic carbocycles. The van der Waals surface area contributed by atoms with E-state index in [1.807, 2.05) is 0 Å². The number of nitrogens with one attached hydrogen (secondary N) is 1. The SMILES string of the molecule is CC(C)C1(C)NCC2CC1C2. The molecule has 2 aliphatic heterocycles. The zero-order valence-electron chi connectivity index (χ0n) is 7.85. The van der Waals surface area contributed by atoms with Crippen LogP contribution in [0.4, 0.5) is 0 Å². The molecule has 2 heterocycles. The monoisotopic (exact) mass is 153 g/mol. The van der Waals surface area contributed by atoms with E-state index in [1.54, 1.807) is 0 Å². The van der Waals surface area contributed by atoms with Crippen molar-refractivity contribution in [1.29, 1.82) is 0 Å². The van der Waals surface area contributed by atoms with Gasteiger partial charge in [-0.25, -0.2) is 0 Å². The number of fused-ring (bicyclic) bond motifs is 2. The van der Waals surface area contributed by atoms with Gasteiger partial charge in [-0.3, -0.25) is 0 Å². The largest absolute Gasteiger partial charge is 0.311 e. The number of piperidine rings is 2. The fourth-order valence-corrected chi connectivity index (χ4v) is 2.58. The predicted octanol–water partition coefficient (Wildman–Crippen LogP) is 2.03. The third kappa shape index (κ3) is 0.936. The average molecular weight is 153 g/mol. The summed E-state index contributed by atoms with van der Waals surface area (Å²) in [5.41, 5.74) is 0.453. The number of rotatable bonds is 1. The van der Waals surface area contributed by atoms with Gasteiger partial charge in [0, 0.05) is 5.54 Å². The Morgan fingerprint density at radius 3 is 2.27 bits per heavy atom. The van der Waals surface area contributed by atoms with Crippen LogP contribution in [0.5, 0.6) is 0 Å². The number of hydrogen-bond acceptors (Lipinski definition) is 1. The average Bonchev–Trinajstić information content (AvgIpc) is 1.85. The van der Waals surface area contributed by atoms with E-state index < -0.39 is 0 Å². The van der Waals surface area contributed by atoms with Gasteiger partial charge < -0.3 is 5.32 Å². The van der Waals surface area contributed by atoms with E-state index in [1.165, 1.54) is 19.4 Å². The van der Waals surface area contributed by atoms with Crippen LogP contribution in [0.25, 0.3) is 0 Å². The lowest BCUT2D eigenvalue weighted by molar-refractivity contribution is -0.00494. The molecule has 2 saturated heterocycles. The molecule has 1 nitrogen and oxygen atoms in total. The van der Waals surface area contributed by atoms with E-state index in [0.717, 1.165) is 17.8 Å². The fraction of sp³-hybridized carbons (Fsp3) is 1.00. The summed E-state index contributed by atoms with van der Waals surface area (Å²) in [5, 5.41) is 3.69. The third-order valence-electron chi connectivity index (χ3n) is 4.05. The highest BCUT2D eigenvalue weighted by atomic mass is 15.0. The lowest BCUT2D eigenvalue weighted by atomic mass is 9.58. The molecule has 1 heteroatoms. The van der Waals surface area contributed by atoms with Gasteiger partial charge in [0.05, 0.1) is 0 Å². The predicted molar refractivity (Wildman–Crippen MR) is 47.5 cm³/mol. The van der Waals surface area contributed by atoms with Crippen molar-refractivity contribution in [3.8, 4) is 0 Å². The maximum atomic E-state index is 3.69. The Morgan fingerprint density at radius 1 is 1.36 bits per heavy atom. The normalized spacial score (nSPS) is 49.1. The van der Waals surface area contributed by atoms with E-state index in [0.29, 0.717) is 5.54 Å². The maximum absolute atomic E-state index is 3.69. The summed E-state index contributed by atoms with van der Waals surface area (Å²) in [4.78, 5) is 0. The summed E-state index contributed by atoms with van der Waals surface area (Å²) >= 11 is 0. The Balaban J connectivity index is 2.11. The molecule has 0 aromatic rings. The van der Waals surface area contributed by atoms with Crippen LogP contribution >= 0.6 is 0 Å². The van der Waals surface area contributed by atoms with Gasteiger partial charge in [-0.1, -0.05) is 13.8 Å². The van der Waals surface area contributed by atoms with Crippen LogP contribution in [0.1, 0.15) is 33.6 Å². The molecule has 0 amide bonds. The van der Waals surface area contributed by atoms with Gasteiger partial charge in [-0.2, -0.15) is 0 Å². The molecule has 1 atom stereocenters. The molecule has 0 spiro atoms. The Labute approximate surface area is 69.6 Å². The van der Waals surface area contributed by atoms with Crippen LogP contribution in [0.2, 0.25) is 0 Å². The molecule has 3 aliphatic rings. The summed E-state index contributed by atoms with van der Waals surface area (Å²) in [7, 11) is 0. The highest BCUT2D eigenvalue weighted by molar-refractivity contribution is 5.04. The first-order valence-corrected chi connectivity index (χ1v) is 4.88. The topological polar surface area (TPSA) is 12.0 Å². The Morgan fingerprint density at radius 2 is 2.00 bits per heavy atom. The van der Waals surface area contributed by atoms with Crippen molar-refractivity contribution in [3.05, 3.63) is 0 Å². The van der Waals surface area contributed by atoms with Crippen molar-refractivity contribution in [2.24, 2.45) is 17.8 Å². The second-order valence-electron chi connectivity index (χ2n) is 4.85. The van der Waals surface area contributed by atoms with Gasteiger partial charge >= 0.3 is 0 Å². The van der Waals surface area contributed by atoms with Crippen LogP contribution < -0.4 is 5.32 Å². The van der Waals surface area contributed by atoms with Crippen LogP contribution in [-0.4, -0.2) is 12.1 Å². The van der Waals surface area contributed by atoms with Crippen LogP contribution in [0, 0.1) is 17.8 Å². The molecule has 0 aromatic heterocycles. The second kappa shape index (κ2) is 2.22. The van der Waals surface area contributed by atoms with E-state index >= 15 is 0 Å². The molecule has 1 unspecified atom stereocenters. The molecular weight excluding hydrogens is 134 g/mol. The summed E-state index contributed by atoms with van der Waals surface area (Å²) < 4.78 is 0. The summed E-state index contributed by atoms with van der Waals surface area (Å²) in [6, 6.07) is 0. The first-order valence-electron chi connectivity index (χ1n) is 4.88. The van der Waals surface area contributed by atoms with Gasteiger partial charge in [0.2, 0.25) is 0 Å². The highest BCUT2D eigenvalue weighted by Crippen LogP contribution is 2.47. The van der Waals surface area contributed by atoms with Gasteiger partial charge in [-0.15, -0.1) is 0 Å². The smallest absolute Gasteiger partial charge is 0.0204 e. The van der Waals surface area contributed by atoms with Crippen LogP contribution in [0.3, 0.4) is 0 Å². The first kappa shape index (κ1) is 7.60. The summed E-state index contributed by atoms with van der Waals surface area (Å²) in [5.74, 6) is 2.78. The van der Waals surface area contributed by atoms with E-state index in [-0.39, 0.29) is 0 Å². The minimum Gasteiger partial charge on any atom is -0.311 e. The van der Waals surface area contributed by atoms with Gasteiger partial charge in [-0.05, 0) is 44.1 Å². The van der Waals surface area contributed by atoms with E-state index in [4.69, 9.17) is 0 Å². The summed E-state index contributed by atoms with van der Waals surface area (Å²) in [6.07, 6.45) is 2.98. The van der Waals surface area contributed by atoms with Gasteiger partial charge in [0.25, 0.3) is 0 Å². The second-order valence-corrected chi connectivity index (χ2v) is 4.85. The Bertz CT molecular complexity index is 156. The first-order chi connectivity index (χ1) is 5.13. The fourth-order valence-electron chi connectivity index (χ4n) is 2.58. The zero-order valence-corrected chi connectivity index (χ0v) is 7.85. The van der Waals surface area contributed by atoms with Crippen molar-refractivity contribution in [2.45, 2.75) is 39.2 Å². The van der Waals surface area contributed by atoms with Crippen molar-refractivity contribution in [2.75, 3.05) is 6.54 Å². The standard InChI is InChI=1S/C10H19N/c1-7(2)10(3)9-4-8(5-9)6-11-10/h7-9,11H,4-6H2,1-3H3. The van der Waals surface area contributed by atoms with Gasteiger partial charge in [0.1, 0.15) is 0 Å². The molecule has 0 aromatic carbocycles. The van der Waals surface area contributed by atoms with Crippen molar-refractivity contribution in [3.63, 3.8) is 0 Å². The highest BCUT2D eigenvalue weighted by Gasteiger charge is 2.48. The van der Waals surface area contributed by atoms with Crippen LogP contribution in [0.15, 0.2) is 0 Å². The lowest BCUT2D eigenvalue weighted by Crippen LogP contribution is -2.64. The van der Waals surface area contributed by atoms with Crippen molar-refractivity contribution in [1.82, 2.24) is 5.32 Å². The lowest BCUT2D eigenvalue weighted by Gasteiger charge is -2.56. The molecular formula is C10H19N. The number of hydrogen-bond donors (Lipinski definition) is 1. The molecule has 2 bridgehead atoms. The molecule has 3 rings (SSSR count). The summed E-state index contributed by atoms with van der Waals surface area (Å²) in [6.45, 7) is 8.35. The van der Waals surface area contributed by atoms with Crippen molar-refractivity contribution < 1.29 is 0 Å². The molecule has 3 fully saturated rings. The zero-order chi connectivity index (χ0) is 8.06. The van der Waals surface area contributed by atoms with Crippen molar-refractivity contribution >= 4 is 0 Å². The molecule has 1 saturated carbocycles. The Kier molecular flexibility index (Phi) is 1.54. The maximum Gasteiger partial charge on any atom is 0.0204 e. The molecule has 11 heavy (non-hydrogen) atoms. The van der Waals surface area contributed by atoms with E-state index in [9.17, 15) is 0 Å². The quantitative estimate of drug-likeness (QED) is 0.608. The molecule has 0 radical (unpaired) electrons. The minimum atomic E-state index is 0.453. The van der Waals surface area contributed by atoms with Crippen LogP contribution in [-0.2, 0) is 0 Å². The molecule has 1 N–H and O–H groups in total.